The molecule has 23 heavy (non-hydrogen) atoms. The van der Waals surface area contributed by atoms with Crippen LogP contribution in [0.5, 0.6) is 0 Å². The van der Waals surface area contributed by atoms with Gasteiger partial charge in [-0.3, -0.25) is 4.90 Å². The van der Waals surface area contributed by atoms with E-state index in [0.29, 0.717) is 18.1 Å². The second kappa shape index (κ2) is 7.51. The third kappa shape index (κ3) is 4.47. The van der Waals surface area contributed by atoms with Crippen molar-refractivity contribution < 1.29 is 13.5 Å². The third-order valence-electron chi connectivity index (χ3n) is 5.19. The Morgan fingerprint density at radius 1 is 1.48 bits per heavy atom. The zero-order valence-electron chi connectivity index (χ0n) is 13.6. The molecule has 0 N–H and O–H groups in total. The van der Waals surface area contributed by atoms with E-state index < -0.39 is 13.0 Å². The molecule has 0 aromatic carbocycles. The summed E-state index contributed by atoms with van der Waals surface area (Å²) < 4.78 is 29.0. The molecular weight excluding hydrogens is 320 g/mol. The maximum Gasteiger partial charge on any atom is 0.261 e. The monoisotopic (exact) mass is 345 g/mol. The highest BCUT2D eigenvalue weighted by atomic mass is 32.1. The number of nitrogens with zero attached hydrogens (tertiary/aromatic N) is 3. The Morgan fingerprint density at radius 3 is 2.91 bits per heavy atom. The Bertz CT molecular complexity index is 478. The van der Waals surface area contributed by atoms with Gasteiger partial charge >= 0.3 is 0 Å². The minimum Gasteiger partial charge on any atom is -0.374 e. The largest absolute Gasteiger partial charge is 0.374 e. The standard InChI is InChI=1S/C16H25F2N3OS/c1-20(11-15-19-4-9-23-15)13-10-16(13)2-5-21(6-3-16)7-8-22-12-14(17)18/h4,9,13-14H,2-3,5-8,10-12H2,1H3. The fourth-order valence-electron chi connectivity index (χ4n) is 3.73. The molecule has 1 spiro atoms. The SMILES string of the molecule is CN(Cc1nccs1)C1CC12CCN(CCOCC(F)F)CC2. The predicted octanol–water partition coefficient (Wildman–Crippen LogP) is 2.71. The first-order valence-corrected chi connectivity index (χ1v) is 9.14. The van der Waals surface area contributed by atoms with Crippen molar-refractivity contribution in [1.82, 2.24) is 14.8 Å². The van der Waals surface area contributed by atoms with Gasteiger partial charge in [0, 0.05) is 24.2 Å². The molecule has 1 aromatic heterocycles. The zero-order valence-corrected chi connectivity index (χ0v) is 14.4. The van der Waals surface area contributed by atoms with Crippen LogP contribution in [0.15, 0.2) is 11.6 Å². The lowest BCUT2D eigenvalue weighted by Gasteiger charge is -2.34. The molecular formula is C16H25F2N3OS. The van der Waals surface area contributed by atoms with Gasteiger partial charge < -0.3 is 9.64 Å². The van der Waals surface area contributed by atoms with E-state index in [4.69, 9.17) is 4.74 Å². The number of piperidine rings is 1. The Labute approximate surface area is 140 Å². The molecule has 3 rings (SSSR count). The molecule has 1 aliphatic heterocycles. The predicted molar refractivity (Wildman–Crippen MR) is 86.9 cm³/mol. The molecule has 2 heterocycles. The summed E-state index contributed by atoms with van der Waals surface area (Å²) in [4.78, 5) is 9.15. The Hall–Kier alpha value is -0.630. The van der Waals surface area contributed by atoms with Crippen LogP contribution in [0.4, 0.5) is 8.78 Å². The molecule has 1 atom stereocenters. The molecule has 0 bridgehead atoms. The van der Waals surface area contributed by atoms with Gasteiger partial charge in [-0.15, -0.1) is 11.3 Å². The van der Waals surface area contributed by atoms with Crippen LogP contribution in [0.25, 0.3) is 0 Å². The lowest BCUT2D eigenvalue weighted by Crippen LogP contribution is -2.39. The topological polar surface area (TPSA) is 28.6 Å². The molecule has 1 saturated heterocycles. The van der Waals surface area contributed by atoms with Crippen LogP contribution in [0, 0.1) is 5.41 Å². The van der Waals surface area contributed by atoms with Crippen molar-refractivity contribution in [3.63, 3.8) is 0 Å². The summed E-state index contributed by atoms with van der Waals surface area (Å²) >= 11 is 1.72. The summed E-state index contributed by atoms with van der Waals surface area (Å²) in [7, 11) is 2.20. The molecule has 1 unspecified atom stereocenters. The van der Waals surface area contributed by atoms with Gasteiger partial charge in [0.1, 0.15) is 11.6 Å². The van der Waals surface area contributed by atoms with Gasteiger partial charge in [-0.05, 0) is 44.8 Å². The van der Waals surface area contributed by atoms with Crippen LogP contribution in [0.2, 0.25) is 0 Å². The van der Waals surface area contributed by atoms with Gasteiger partial charge in [0.25, 0.3) is 6.43 Å². The highest BCUT2D eigenvalue weighted by Crippen LogP contribution is 2.56. The second-order valence-corrected chi connectivity index (χ2v) is 7.71. The quantitative estimate of drug-likeness (QED) is 0.678. The lowest BCUT2D eigenvalue weighted by molar-refractivity contribution is 0.00588. The van der Waals surface area contributed by atoms with Crippen LogP contribution in [0.1, 0.15) is 24.3 Å². The van der Waals surface area contributed by atoms with Gasteiger partial charge in [0.05, 0.1) is 13.2 Å². The number of halogens is 2. The van der Waals surface area contributed by atoms with E-state index in [1.807, 2.05) is 11.6 Å². The molecule has 0 amide bonds. The summed E-state index contributed by atoms with van der Waals surface area (Å²) in [6.45, 7) is 3.78. The van der Waals surface area contributed by atoms with E-state index in [1.54, 1.807) is 11.3 Å². The van der Waals surface area contributed by atoms with Crippen LogP contribution in [-0.4, -0.2) is 67.1 Å². The molecule has 1 aromatic rings. The van der Waals surface area contributed by atoms with Crippen molar-refractivity contribution >= 4 is 11.3 Å². The van der Waals surface area contributed by atoms with E-state index in [1.165, 1.54) is 24.3 Å². The minimum absolute atomic E-state index is 0.407. The Kier molecular flexibility index (Phi) is 5.61. The molecule has 2 aliphatic rings. The third-order valence-corrected chi connectivity index (χ3v) is 5.96. The van der Waals surface area contributed by atoms with Crippen LogP contribution >= 0.6 is 11.3 Å². The van der Waals surface area contributed by atoms with E-state index in [2.05, 4.69) is 21.8 Å². The van der Waals surface area contributed by atoms with Crippen molar-refractivity contribution in [2.75, 3.05) is 39.9 Å². The number of thiazole rings is 1. The second-order valence-electron chi connectivity index (χ2n) is 6.73. The minimum atomic E-state index is -2.36. The van der Waals surface area contributed by atoms with Crippen LogP contribution < -0.4 is 0 Å². The maximum atomic E-state index is 12.0. The van der Waals surface area contributed by atoms with Crippen molar-refractivity contribution in [3.05, 3.63) is 16.6 Å². The van der Waals surface area contributed by atoms with Gasteiger partial charge in [-0.1, -0.05) is 0 Å². The average molecular weight is 345 g/mol. The normalized spacial score (nSPS) is 24.0. The first-order valence-electron chi connectivity index (χ1n) is 8.26. The Balaban J connectivity index is 1.36. The zero-order chi connectivity index (χ0) is 16.3. The maximum absolute atomic E-state index is 12.0. The summed E-state index contributed by atoms with van der Waals surface area (Å²) in [5, 5.41) is 3.21. The number of likely N-dealkylation sites (tertiary alicyclic amines) is 1. The highest BCUT2D eigenvalue weighted by Gasteiger charge is 2.56. The molecule has 130 valence electrons. The number of hydrogen-bond donors (Lipinski definition) is 0. The van der Waals surface area contributed by atoms with Gasteiger partial charge in [0.15, 0.2) is 0 Å². The number of rotatable bonds is 8. The number of aromatic nitrogens is 1. The highest BCUT2D eigenvalue weighted by molar-refractivity contribution is 7.09. The van der Waals surface area contributed by atoms with E-state index >= 15 is 0 Å². The summed E-state index contributed by atoms with van der Waals surface area (Å²) in [5.41, 5.74) is 0.479. The first kappa shape index (κ1) is 17.2. The number of hydrogen-bond acceptors (Lipinski definition) is 5. The summed E-state index contributed by atoms with van der Waals surface area (Å²) in [6, 6.07) is 0.670. The Morgan fingerprint density at radius 2 is 2.26 bits per heavy atom. The van der Waals surface area contributed by atoms with E-state index in [-0.39, 0.29) is 0 Å². The number of ether oxygens (including phenoxy) is 1. The lowest BCUT2D eigenvalue weighted by atomic mass is 9.92. The fourth-order valence-corrected chi connectivity index (χ4v) is 4.41. The van der Waals surface area contributed by atoms with Gasteiger partial charge in [0.2, 0.25) is 0 Å². The molecule has 7 heteroatoms. The van der Waals surface area contributed by atoms with E-state index in [9.17, 15) is 8.78 Å². The van der Waals surface area contributed by atoms with Crippen molar-refractivity contribution in [2.24, 2.45) is 5.41 Å². The average Bonchev–Trinajstić information content (AvgIpc) is 2.98. The molecule has 1 aliphatic carbocycles. The number of alkyl halides is 2. The first-order chi connectivity index (χ1) is 11.1. The van der Waals surface area contributed by atoms with Gasteiger partial charge in [-0.25, -0.2) is 13.8 Å². The molecule has 1 saturated carbocycles. The smallest absolute Gasteiger partial charge is 0.261 e. The summed E-state index contributed by atoms with van der Waals surface area (Å²) in [6.07, 6.45) is 3.19. The van der Waals surface area contributed by atoms with E-state index in [0.717, 1.165) is 26.2 Å². The fraction of sp³-hybridized carbons (Fsp3) is 0.812. The van der Waals surface area contributed by atoms with Crippen molar-refractivity contribution in [1.29, 1.82) is 0 Å². The van der Waals surface area contributed by atoms with Crippen LogP contribution in [-0.2, 0) is 11.3 Å². The van der Waals surface area contributed by atoms with Crippen molar-refractivity contribution in [2.45, 2.75) is 38.3 Å². The molecule has 4 nitrogen and oxygen atoms in total. The van der Waals surface area contributed by atoms with Crippen molar-refractivity contribution in [3.8, 4) is 0 Å². The molecule has 0 radical (unpaired) electrons. The summed E-state index contributed by atoms with van der Waals surface area (Å²) in [5.74, 6) is 0. The van der Waals surface area contributed by atoms with Crippen LogP contribution in [0.3, 0.4) is 0 Å². The van der Waals surface area contributed by atoms with Gasteiger partial charge in [-0.2, -0.15) is 0 Å². The molecule has 2 fully saturated rings.